The van der Waals surface area contributed by atoms with Gasteiger partial charge in [-0.1, -0.05) is 6.42 Å². The third kappa shape index (κ3) is 2.93. The Morgan fingerprint density at radius 2 is 2.11 bits per heavy atom. The van der Waals surface area contributed by atoms with Gasteiger partial charge in [-0.3, -0.25) is 0 Å². The molecule has 18 heavy (non-hydrogen) atoms. The maximum atomic E-state index is 12.3. The number of hydrogen-bond acceptors (Lipinski definition) is 4. The van der Waals surface area contributed by atoms with Crippen LogP contribution in [0.5, 0.6) is 0 Å². The second-order valence-electron chi connectivity index (χ2n) is 5.13. The van der Waals surface area contributed by atoms with Gasteiger partial charge in [0.15, 0.2) is 0 Å². The van der Waals surface area contributed by atoms with Gasteiger partial charge >= 0.3 is 0 Å². The van der Waals surface area contributed by atoms with Crippen molar-refractivity contribution >= 4 is 21.4 Å². The topological polar surface area (TPSA) is 49.4 Å². The monoisotopic (exact) mass is 288 g/mol. The molecular weight excluding hydrogens is 268 g/mol. The zero-order valence-corrected chi connectivity index (χ0v) is 12.6. The smallest absolute Gasteiger partial charge is 0.250 e. The summed E-state index contributed by atoms with van der Waals surface area (Å²) in [5.41, 5.74) is 0.996. The molecule has 1 aromatic rings. The second kappa shape index (κ2) is 5.28. The van der Waals surface area contributed by atoms with Crippen LogP contribution in [0.3, 0.4) is 0 Å². The molecule has 0 aliphatic heterocycles. The Bertz CT molecular complexity index is 508. The van der Waals surface area contributed by atoms with E-state index >= 15 is 0 Å². The number of likely N-dealkylation sites (N-methyl/N-ethyl adjacent to an activating group) is 1. The van der Waals surface area contributed by atoms with Gasteiger partial charge in [-0.25, -0.2) is 13.1 Å². The molecule has 1 aliphatic rings. The van der Waals surface area contributed by atoms with Crippen LogP contribution in [0.25, 0.3) is 0 Å². The molecule has 1 heterocycles. The summed E-state index contributed by atoms with van der Waals surface area (Å²) in [4.78, 5) is 2.11. The van der Waals surface area contributed by atoms with Gasteiger partial charge in [0.05, 0.1) is 0 Å². The van der Waals surface area contributed by atoms with Crippen LogP contribution in [0.2, 0.25) is 0 Å². The van der Waals surface area contributed by atoms with Crippen LogP contribution in [-0.2, 0) is 10.0 Å². The highest BCUT2D eigenvalue weighted by molar-refractivity contribution is 7.91. The SMILES string of the molecule is Cc1csc(S(=O)(=O)N[C@@H]2CCC[C@H]2N(C)C)c1. The molecule has 1 fully saturated rings. The average Bonchev–Trinajstić information content (AvgIpc) is 2.86. The zero-order valence-electron chi connectivity index (χ0n) is 11.0. The van der Waals surface area contributed by atoms with E-state index in [0.29, 0.717) is 10.3 Å². The van der Waals surface area contributed by atoms with Gasteiger partial charge in [-0.2, -0.15) is 0 Å². The molecule has 2 rings (SSSR count). The molecule has 1 aliphatic carbocycles. The standard InChI is InChI=1S/C12H20N2O2S2/c1-9-7-12(17-8-9)18(15,16)13-10-5-4-6-11(10)14(2)3/h7-8,10-11,13H,4-6H2,1-3H3/t10-,11-/m1/s1. The summed E-state index contributed by atoms with van der Waals surface area (Å²) in [6, 6.07) is 2.07. The van der Waals surface area contributed by atoms with Gasteiger partial charge in [-0.05, 0) is 50.9 Å². The van der Waals surface area contributed by atoms with Crippen LogP contribution < -0.4 is 4.72 Å². The number of rotatable bonds is 4. The Balaban J connectivity index is 2.13. The summed E-state index contributed by atoms with van der Waals surface area (Å²) in [6.45, 7) is 1.91. The van der Waals surface area contributed by atoms with Crippen molar-refractivity contribution in [1.82, 2.24) is 9.62 Å². The number of thiophene rings is 1. The molecule has 1 saturated carbocycles. The molecule has 1 aromatic heterocycles. The fraction of sp³-hybridized carbons (Fsp3) is 0.667. The van der Waals surface area contributed by atoms with Crippen molar-refractivity contribution in [2.24, 2.45) is 0 Å². The summed E-state index contributed by atoms with van der Waals surface area (Å²) >= 11 is 1.29. The minimum Gasteiger partial charge on any atom is -0.305 e. The van der Waals surface area contributed by atoms with E-state index in [9.17, 15) is 8.42 Å². The first-order chi connectivity index (χ1) is 8.40. The molecule has 0 amide bonds. The minimum absolute atomic E-state index is 0.0346. The predicted molar refractivity (Wildman–Crippen MR) is 74.5 cm³/mol. The highest BCUT2D eigenvalue weighted by Gasteiger charge is 2.32. The summed E-state index contributed by atoms with van der Waals surface area (Å²) in [6.07, 6.45) is 3.07. The van der Waals surface area contributed by atoms with Gasteiger partial charge in [-0.15, -0.1) is 11.3 Å². The van der Waals surface area contributed by atoms with E-state index < -0.39 is 10.0 Å². The molecule has 0 radical (unpaired) electrons. The maximum absolute atomic E-state index is 12.3. The average molecular weight is 288 g/mol. The van der Waals surface area contributed by atoms with Gasteiger partial charge in [0, 0.05) is 12.1 Å². The fourth-order valence-electron chi connectivity index (χ4n) is 2.50. The quantitative estimate of drug-likeness (QED) is 0.919. The summed E-state index contributed by atoms with van der Waals surface area (Å²) in [5, 5.41) is 1.87. The third-order valence-electron chi connectivity index (χ3n) is 3.42. The lowest BCUT2D eigenvalue weighted by atomic mass is 10.2. The number of hydrogen-bond donors (Lipinski definition) is 1. The first kappa shape index (κ1) is 14.0. The van der Waals surface area contributed by atoms with Crippen molar-refractivity contribution < 1.29 is 8.42 Å². The van der Waals surface area contributed by atoms with E-state index in [1.807, 2.05) is 26.4 Å². The lowest BCUT2D eigenvalue weighted by Crippen LogP contribution is -2.45. The van der Waals surface area contributed by atoms with Gasteiger partial charge < -0.3 is 4.90 Å². The van der Waals surface area contributed by atoms with Crippen molar-refractivity contribution in [2.45, 2.75) is 42.5 Å². The molecule has 0 unspecified atom stereocenters. The first-order valence-corrected chi connectivity index (χ1v) is 8.50. The Labute approximate surface area is 113 Å². The summed E-state index contributed by atoms with van der Waals surface area (Å²) < 4.78 is 27.8. The molecule has 6 heteroatoms. The van der Waals surface area contributed by atoms with Crippen LogP contribution in [0.4, 0.5) is 0 Å². The number of nitrogens with zero attached hydrogens (tertiary/aromatic N) is 1. The van der Waals surface area contributed by atoms with E-state index in [-0.39, 0.29) is 6.04 Å². The molecule has 2 atom stereocenters. The molecule has 0 saturated heterocycles. The Hall–Kier alpha value is -0.430. The van der Waals surface area contributed by atoms with Crippen LogP contribution >= 0.6 is 11.3 Å². The molecule has 0 bridgehead atoms. The van der Waals surface area contributed by atoms with E-state index in [1.165, 1.54) is 11.3 Å². The van der Waals surface area contributed by atoms with E-state index in [4.69, 9.17) is 0 Å². The lowest BCUT2D eigenvalue weighted by molar-refractivity contribution is 0.268. The molecule has 1 N–H and O–H groups in total. The summed E-state index contributed by atoms with van der Waals surface area (Å²) in [5.74, 6) is 0. The minimum atomic E-state index is -3.35. The first-order valence-electron chi connectivity index (χ1n) is 6.14. The largest absolute Gasteiger partial charge is 0.305 e. The molecule has 0 spiro atoms. The molecule has 4 nitrogen and oxygen atoms in total. The van der Waals surface area contributed by atoms with Crippen LogP contribution in [-0.4, -0.2) is 39.5 Å². The third-order valence-corrected chi connectivity index (χ3v) is 6.47. The van der Waals surface area contributed by atoms with Crippen LogP contribution in [0.1, 0.15) is 24.8 Å². The molecule has 0 aromatic carbocycles. The van der Waals surface area contributed by atoms with Crippen molar-refractivity contribution in [2.75, 3.05) is 14.1 Å². The molecule has 102 valence electrons. The van der Waals surface area contributed by atoms with Gasteiger partial charge in [0.1, 0.15) is 4.21 Å². The lowest BCUT2D eigenvalue weighted by Gasteiger charge is -2.26. The fourth-order valence-corrected chi connectivity index (χ4v) is 5.05. The van der Waals surface area contributed by atoms with Crippen molar-refractivity contribution in [3.8, 4) is 0 Å². The Kier molecular flexibility index (Phi) is 4.11. The Morgan fingerprint density at radius 1 is 1.39 bits per heavy atom. The normalized spacial score (nSPS) is 24.9. The van der Waals surface area contributed by atoms with Crippen molar-refractivity contribution in [1.29, 1.82) is 0 Å². The summed E-state index contributed by atoms with van der Waals surface area (Å²) in [7, 11) is 0.666. The second-order valence-corrected chi connectivity index (χ2v) is 7.98. The highest BCUT2D eigenvalue weighted by Crippen LogP contribution is 2.26. The van der Waals surface area contributed by atoms with E-state index in [2.05, 4.69) is 9.62 Å². The van der Waals surface area contributed by atoms with Crippen LogP contribution in [0.15, 0.2) is 15.7 Å². The Morgan fingerprint density at radius 3 is 2.67 bits per heavy atom. The van der Waals surface area contributed by atoms with Gasteiger partial charge in [0.25, 0.3) is 0 Å². The maximum Gasteiger partial charge on any atom is 0.250 e. The number of nitrogens with one attached hydrogen (secondary N) is 1. The number of sulfonamides is 1. The zero-order chi connectivity index (χ0) is 13.3. The van der Waals surface area contributed by atoms with E-state index in [0.717, 1.165) is 24.8 Å². The number of aryl methyl sites for hydroxylation is 1. The molecular formula is C12H20N2O2S2. The van der Waals surface area contributed by atoms with Crippen molar-refractivity contribution in [3.63, 3.8) is 0 Å². The highest BCUT2D eigenvalue weighted by atomic mass is 32.2. The van der Waals surface area contributed by atoms with E-state index in [1.54, 1.807) is 6.07 Å². The van der Waals surface area contributed by atoms with Crippen LogP contribution in [0, 0.1) is 6.92 Å². The van der Waals surface area contributed by atoms with Crippen molar-refractivity contribution in [3.05, 3.63) is 17.0 Å². The van der Waals surface area contributed by atoms with Gasteiger partial charge in [0.2, 0.25) is 10.0 Å². The predicted octanol–water partition coefficient (Wildman–Crippen LogP) is 1.82.